The van der Waals surface area contributed by atoms with Gasteiger partial charge in [0.15, 0.2) is 0 Å². The molecule has 0 radical (unpaired) electrons. The molecule has 120 valence electrons. The summed E-state index contributed by atoms with van der Waals surface area (Å²) in [7, 11) is 0. The Hall–Kier alpha value is -1.83. The zero-order chi connectivity index (χ0) is 17.3. The van der Waals surface area contributed by atoms with Crippen molar-refractivity contribution in [3.8, 4) is 0 Å². The van der Waals surface area contributed by atoms with Gasteiger partial charge in [-0.15, -0.1) is 0 Å². The Labute approximate surface area is 130 Å². The quantitative estimate of drug-likeness (QED) is 0.714. The van der Waals surface area contributed by atoms with Crippen LogP contribution in [0.15, 0.2) is 42.5 Å². The molecule has 2 aromatic rings. The van der Waals surface area contributed by atoms with E-state index in [1.54, 1.807) is 18.2 Å². The molecule has 2 aromatic carbocycles. The van der Waals surface area contributed by atoms with Crippen LogP contribution in [0, 0.1) is 0 Å². The SMILES string of the molecule is CC.CC.CC.CC.O=C([O-])c1ccc2ccccc2c1. The van der Waals surface area contributed by atoms with Crippen molar-refractivity contribution in [1.29, 1.82) is 0 Å². The molecule has 0 spiro atoms. The van der Waals surface area contributed by atoms with Gasteiger partial charge in [-0.1, -0.05) is 91.8 Å². The summed E-state index contributed by atoms with van der Waals surface area (Å²) in [5.74, 6) is -1.13. The van der Waals surface area contributed by atoms with E-state index in [-0.39, 0.29) is 5.56 Å². The van der Waals surface area contributed by atoms with E-state index in [1.165, 1.54) is 0 Å². The molecule has 0 aliphatic heterocycles. The van der Waals surface area contributed by atoms with E-state index in [0.29, 0.717) is 0 Å². The van der Waals surface area contributed by atoms with Crippen molar-refractivity contribution in [3.63, 3.8) is 0 Å². The molecule has 0 aliphatic rings. The largest absolute Gasteiger partial charge is 0.545 e. The minimum absolute atomic E-state index is 0.221. The fourth-order valence-corrected chi connectivity index (χ4v) is 1.32. The van der Waals surface area contributed by atoms with Gasteiger partial charge in [-0.05, 0) is 22.4 Å². The van der Waals surface area contributed by atoms with Crippen LogP contribution in [0.2, 0.25) is 0 Å². The normalized spacial score (nSPS) is 7.43. The molecule has 0 saturated heterocycles. The number of carbonyl (C=O) groups excluding carboxylic acids is 1. The molecule has 0 bridgehead atoms. The van der Waals surface area contributed by atoms with E-state index in [0.717, 1.165) is 10.8 Å². The lowest BCUT2D eigenvalue weighted by atomic mass is 10.1. The van der Waals surface area contributed by atoms with Crippen molar-refractivity contribution in [2.75, 3.05) is 0 Å². The second-order valence-electron chi connectivity index (χ2n) is 2.85. The Balaban J connectivity index is -0.000000353. The van der Waals surface area contributed by atoms with Gasteiger partial charge in [0.25, 0.3) is 0 Å². The molecule has 2 rings (SSSR count). The average molecular weight is 291 g/mol. The predicted molar refractivity (Wildman–Crippen MR) is 93.7 cm³/mol. The number of fused-ring (bicyclic) bond motifs is 1. The summed E-state index contributed by atoms with van der Waals surface area (Å²) in [6.07, 6.45) is 0. The second kappa shape index (κ2) is 18.2. The summed E-state index contributed by atoms with van der Waals surface area (Å²) in [5.41, 5.74) is 0.221. The van der Waals surface area contributed by atoms with Crippen molar-refractivity contribution in [2.24, 2.45) is 0 Å². The molecule has 21 heavy (non-hydrogen) atoms. The van der Waals surface area contributed by atoms with E-state index in [4.69, 9.17) is 0 Å². The zero-order valence-corrected chi connectivity index (χ0v) is 14.9. The molecule has 0 saturated carbocycles. The molecule has 2 heteroatoms. The summed E-state index contributed by atoms with van der Waals surface area (Å²) in [6, 6.07) is 12.6. The van der Waals surface area contributed by atoms with Crippen LogP contribution in [-0.2, 0) is 0 Å². The first kappa shape index (κ1) is 24.2. The van der Waals surface area contributed by atoms with Crippen LogP contribution in [0.1, 0.15) is 65.7 Å². The zero-order valence-electron chi connectivity index (χ0n) is 14.9. The van der Waals surface area contributed by atoms with Gasteiger partial charge < -0.3 is 9.90 Å². The summed E-state index contributed by atoms with van der Waals surface area (Å²) in [4.78, 5) is 10.5. The Bertz CT molecular complexity index is 462. The molecule has 0 aromatic heterocycles. The van der Waals surface area contributed by atoms with Crippen LogP contribution >= 0.6 is 0 Å². The molecule has 0 atom stereocenters. The Morgan fingerprint density at radius 2 is 1.14 bits per heavy atom. The number of aromatic carboxylic acids is 1. The van der Waals surface area contributed by atoms with Crippen molar-refractivity contribution in [3.05, 3.63) is 48.0 Å². The highest BCUT2D eigenvalue weighted by Gasteiger charge is 1.95. The number of carboxylic acids is 1. The number of benzene rings is 2. The summed E-state index contributed by atoms with van der Waals surface area (Å²) in [6.45, 7) is 16.0. The van der Waals surface area contributed by atoms with E-state index < -0.39 is 5.97 Å². The van der Waals surface area contributed by atoms with Crippen LogP contribution in [-0.4, -0.2) is 5.97 Å². The van der Waals surface area contributed by atoms with Crippen LogP contribution < -0.4 is 5.11 Å². The molecular weight excluding hydrogens is 260 g/mol. The van der Waals surface area contributed by atoms with Gasteiger partial charge in [0.05, 0.1) is 5.97 Å². The standard InChI is InChI=1S/C11H8O2.4C2H6/c12-11(13)10-6-5-8-3-1-2-4-9(8)7-10;4*1-2/h1-7H,(H,12,13);4*1-2H3/p-1. The smallest absolute Gasteiger partial charge is 0.0715 e. The molecule has 0 unspecified atom stereocenters. The Morgan fingerprint density at radius 1 is 0.714 bits per heavy atom. The third-order valence-electron chi connectivity index (χ3n) is 1.99. The number of hydrogen-bond donors (Lipinski definition) is 0. The lowest BCUT2D eigenvalue weighted by Crippen LogP contribution is -2.21. The fourth-order valence-electron chi connectivity index (χ4n) is 1.32. The molecule has 0 heterocycles. The van der Waals surface area contributed by atoms with Crippen LogP contribution in [0.3, 0.4) is 0 Å². The molecular formula is C19H31O2-. The first-order chi connectivity index (χ1) is 10.3. The fraction of sp³-hybridized carbons (Fsp3) is 0.421. The third kappa shape index (κ3) is 9.67. The third-order valence-corrected chi connectivity index (χ3v) is 1.99. The van der Waals surface area contributed by atoms with Gasteiger partial charge in [-0.25, -0.2) is 0 Å². The molecule has 0 amide bonds. The highest BCUT2D eigenvalue weighted by molar-refractivity contribution is 5.93. The number of hydrogen-bond acceptors (Lipinski definition) is 2. The number of carbonyl (C=O) groups is 1. The summed E-state index contributed by atoms with van der Waals surface area (Å²) in [5, 5.41) is 12.5. The first-order valence-corrected chi connectivity index (χ1v) is 7.97. The number of rotatable bonds is 1. The maximum atomic E-state index is 10.5. The maximum Gasteiger partial charge on any atom is 0.0715 e. The van der Waals surface area contributed by atoms with Crippen LogP contribution in [0.4, 0.5) is 0 Å². The summed E-state index contributed by atoms with van der Waals surface area (Å²) < 4.78 is 0. The van der Waals surface area contributed by atoms with Crippen LogP contribution in [0.5, 0.6) is 0 Å². The van der Waals surface area contributed by atoms with E-state index in [2.05, 4.69) is 0 Å². The topological polar surface area (TPSA) is 40.1 Å². The monoisotopic (exact) mass is 291 g/mol. The predicted octanol–water partition coefficient (Wildman–Crippen LogP) is 5.31. The lowest BCUT2D eigenvalue weighted by Gasteiger charge is -2.03. The Morgan fingerprint density at radius 3 is 1.57 bits per heavy atom. The molecule has 0 fully saturated rings. The van der Waals surface area contributed by atoms with Crippen molar-refractivity contribution in [1.82, 2.24) is 0 Å². The molecule has 2 nitrogen and oxygen atoms in total. The van der Waals surface area contributed by atoms with E-state index in [9.17, 15) is 9.90 Å². The second-order valence-corrected chi connectivity index (χ2v) is 2.85. The number of carboxylic acid groups (broad SMARTS) is 1. The lowest BCUT2D eigenvalue weighted by molar-refractivity contribution is -0.255. The van der Waals surface area contributed by atoms with Gasteiger partial charge in [0.1, 0.15) is 0 Å². The van der Waals surface area contributed by atoms with Crippen LogP contribution in [0.25, 0.3) is 10.8 Å². The van der Waals surface area contributed by atoms with Gasteiger partial charge >= 0.3 is 0 Å². The molecule has 0 aliphatic carbocycles. The van der Waals surface area contributed by atoms with Crippen molar-refractivity contribution >= 4 is 16.7 Å². The highest BCUT2D eigenvalue weighted by Crippen LogP contribution is 2.14. The van der Waals surface area contributed by atoms with Gasteiger partial charge in [0.2, 0.25) is 0 Å². The highest BCUT2D eigenvalue weighted by atomic mass is 16.4. The van der Waals surface area contributed by atoms with Gasteiger partial charge in [0, 0.05) is 0 Å². The van der Waals surface area contributed by atoms with Gasteiger partial charge in [-0.2, -0.15) is 0 Å². The van der Waals surface area contributed by atoms with Gasteiger partial charge in [-0.3, -0.25) is 0 Å². The Kier molecular flexibility index (Phi) is 20.9. The first-order valence-electron chi connectivity index (χ1n) is 7.97. The average Bonchev–Trinajstić information content (AvgIpc) is 2.61. The van der Waals surface area contributed by atoms with Crippen molar-refractivity contribution in [2.45, 2.75) is 55.4 Å². The maximum absolute atomic E-state index is 10.5. The minimum atomic E-state index is -1.13. The molecule has 0 N–H and O–H groups in total. The minimum Gasteiger partial charge on any atom is -0.545 e. The van der Waals surface area contributed by atoms with E-state index >= 15 is 0 Å². The van der Waals surface area contributed by atoms with E-state index in [1.807, 2.05) is 79.7 Å². The van der Waals surface area contributed by atoms with Crippen molar-refractivity contribution < 1.29 is 9.90 Å². The summed E-state index contributed by atoms with van der Waals surface area (Å²) >= 11 is 0.